The molecule has 4 nitrogen and oxygen atoms in total. The van der Waals surface area contributed by atoms with E-state index in [9.17, 15) is 0 Å². The van der Waals surface area contributed by atoms with Gasteiger partial charge in [-0.2, -0.15) is 0 Å². The van der Waals surface area contributed by atoms with Gasteiger partial charge in [-0.15, -0.1) is 0 Å². The molecule has 0 aliphatic heterocycles. The molecule has 9 heavy (non-hydrogen) atoms. The maximum Gasteiger partial charge on any atom is 0.211 e. The van der Waals surface area contributed by atoms with Crippen molar-refractivity contribution in [1.29, 1.82) is 11.1 Å². The molecule has 0 saturated carbocycles. The fourth-order valence-corrected chi connectivity index (χ4v) is 0.361. The van der Waals surface area contributed by atoms with Crippen molar-refractivity contribution in [2.45, 2.75) is 6.92 Å². The van der Waals surface area contributed by atoms with Crippen molar-refractivity contribution in [3.8, 4) is 0 Å². The van der Waals surface area contributed by atoms with Crippen LogP contribution in [0.1, 0.15) is 5.76 Å². The first-order valence-corrected chi connectivity index (χ1v) is 2.34. The first kappa shape index (κ1) is 7.59. The lowest BCUT2D eigenvalue weighted by atomic mass is 10.5. The lowest BCUT2D eigenvalue weighted by Crippen LogP contribution is -1.48. The molecular weight excluding hydrogens is 118 g/mol. The first-order valence-electron chi connectivity index (χ1n) is 2.34. The Bertz CT molecular complexity index is 174. The zero-order valence-electron chi connectivity index (χ0n) is 5.09. The second-order valence-corrected chi connectivity index (χ2v) is 1.34. The fraction of sp³-hybridized carbons (Fsp3) is 0.200. The topological polar surface area (TPSA) is 74.9 Å². The van der Waals surface area contributed by atoms with E-state index in [1.807, 2.05) is 24.0 Å². The molecule has 0 spiro atoms. The van der Waals surface area contributed by atoms with Crippen LogP contribution in [0.15, 0.2) is 22.8 Å². The standard InChI is InChI=1S/C5H6O.H2N3/c1-5-3-2-4-6-5;1-3-2/h2-4H,1H3;1-2H/q;+1. The molecule has 0 unspecified atom stereocenters. The zero-order chi connectivity index (χ0) is 7.11. The van der Waals surface area contributed by atoms with Crippen LogP contribution >= 0.6 is 0 Å². The predicted molar refractivity (Wildman–Crippen MR) is 31.0 cm³/mol. The molecule has 0 radical (unpaired) electrons. The molecule has 2 N–H and O–H groups in total. The van der Waals surface area contributed by atoms with E-state index in [0.29, 0.717) is 0 Å². The number of nitrogens with one attached hydrogen (secondary N) is 2. The van der Waals surface area contributed by atoms with Gasteiger partial charge in [0.2, 0.25) is 4.91 Å². The summed E-state index contributed by atoms with van der Waals surface area (Å²) in [6, 6.07) is 3.79. The van der Waals surface area contributed by atoms with E-state index in [0.717, 1.165) is 5.76 Å². The summed E-state index contributed by atoms with van der Waals surface area (Å²) < 4.78 is 4.83. The SMILES string of the molecule is Cc1ccco1.N=[N+]=N. The minimum absolute atomic E-state index is 0.968. The maximum atomic E-state index is 5.50. The molecule has 0 bridgehead atoms. The van der Waals surface area contributed by atoms with Gasteiger partial charge in [0.1, 0.15) is 16.8 Å². The van der Waals surface area contributed by atoms with Crippen molar-refractivity contribution in [2.75, 3.05) is 0 Å². The summed E-state index contributed by atoms with van der Waals surface area (Å²) in [7, 11) is 0. The second-order valence-electron chi connectivity index (χ2n) is 1.34. The second kappa shape index (κ2) is 4.74. The quantitative estimate of drug-likeness (QED) is 0.403. The van der Waals surface area contributed by atoms with E-state index >= 15 is 0 Å². The number of rotatable bonds is 0. The lowest BCUT2D eigenvalue weighted by molar-refractivity contribution is 0.534. The zero-order valence-corrected chi connectivity index (χ0v) is 5.09. The molecule has 1 aromatic rings. The number of hydrogen-bond donors (Lipinski definition) is 2. The summed E-state index contributed by atoms with van der Waals surface area (Å²) in [5.74, 6) is 0.968. The predicted octanol–water partition coefficient (Wildman–Crippen LogP) is 1.70. The molecule has 1 aromatic heterocycles. The lowest BCUT2D eigenvalue weighted by Gasteiger charge is -1.69. The van der Waals surface area contributed by atoms with Crippen molar-refractivity contribution in [3.63, 3.8) is 0 Å². The molecule has 1 heterocycles. The summed E-state index contributed by atoms with van der Waals surface area (Å²) in [6.45, 7) is 1.92. The Morgan fingerprint density at radius 2 is 2.11 bits per heavy atom. The largest absolute Gasteiger partial charge is 0.470 e. The minimum atomic E-state index is 0.968. The third-order valence-electron chi connectivity index (χ3n) is 0.663. The van der Waals surface area contributed by atoms with Gasteiger partial charge in [-0.25, -0.2) is 0 Å². The summed E-state index contributed by atoms with van der Waals surface area (Å²) in [5.41, 5.74) is 11.0. The highest BCUT2D eigenvalue weighted by Crippen LogP contribution is 1.93. The van der Waals surface area contributed by atoms with Gasteiger partial charge in [-0.05, 0) is 19.1 Å². The number of furan rings is 1. The Morgan fingerprint density at radius 3 is 2.22 bits per heavy atom. The summed E-state index contributed by atoms with van der Waals surface area (Å²) >= 11 is 0. The van der Waals surface area contributed by atoms with Gasteiger partial charge >= 0.3 is 0 Å². The van der Waals surface area contributed by atoms with E-state index in [1.54, 1.807) is 6.26 Å². The molecule has 0 atom stereocenters. The number of aryl methyl sites for hydroxylation is 1. The van der Waals surface area contributed by atoms with Gasteiger partial charge in [0.15, 0.2) is 0 Å². The van der Waals surface area contributed by atoms with Crippen LogP contribution in [0.5, 0.6) is 0 Å². The first-order chi connectivity index (χ1) is 4.31. The molecule has 0 fully saturated rings. The summed E-state index contributed by atoms with van der Waals surface area (Å²) in [4.78, 5) is 2.00. The maximum absolute atomic E-state index is 5.50. The molecule has 0 amide bonds. The highest BCUT2D eigenvalue weighted by molar-refractivity contribution is 4.93. The van der Waals surface area contributed by atoms with E-state index in [-0.39, 0.29) is 0 Å². The Kier molecular flexibility index (Phi) is 4.00. The van der Waals surface area contributed by atoms with Crippen molar-refractivity contribution in [2.24, 2.45) is 0 Å². The molecular formula is C5H8N3O+. The highest BCUT2D eigenvalue weighted by atomic mass is 16.3. The molecule has 0 aliphatic carbocycles. The Hall–Kier alpha value is -1.41. The van der Waals surface area contributed by atoms with Gasteiger partial charge in [0.25, 0.3) is 0 Å². The van der Waals surface area contributed by atoms with E-state index < -0.39 is 0 Å². The van der Waals surface area contributed by atoms with Gasteiger partial charge in [0.05, 0.1) is 6.26 Å². The average molecular weight is 126 g/mol. The van der Waals surface area contributed by atoms with E-state index in [1.165, 1.54) is 0 Å². The summed E-state index contributed by atoms with van der Waals surface area (Å²) in [6.07, 6.45) is 1.66. The van der Waals surface area contributed by atoms with Crippen molar-refractivity contribution in [3.05, 3.63) is 24.2 Å². The van der Waals surface area contributed by atoms with E-state index in [2.05, 4.69) is 0 Å². The van der Waals surface area contributed by atoms with Crippen molar-refractivity contribution < 1.29 is 4.42 Å². The van der Waals surface area contributed by atoms with Crippen molar-refractivity contribution in [1.82, 2.24) is 4.91 Å². The number of hydrogen-bond acceptors (Lipinski definition) is 3. The third-order valence-corrected chi connectivity index (χ3v) is 0.663. The van der Waals surface area contributed by atoms with Gasteiger partial charge in [0, 0.05) is 0 Å². The molecule has 0 aliphatic rings. The Labute approximate surface area is 52.5 Å². The van der Waals surface area contributed by atoms with Crippen LogP contribution in [0.25, 0.3) is 0 Å². The normalized spacial score (nSPS) is 6.78. The molecule has 48 valence electrons. The third kappa shape index (κ3) is 4.44. The van der Waals surface area contributed by atoms with Crippen molar-refractivity contribution >= 4 is 0 Å². The van der Waals surface area contributed by atoms with Crippen LogP contribution in [-0.2, 0) is 0 Å². The monoisotopic (exact) mass is 126 g/mol. The smallest absolute Gasteiger partial charge is 0.211 e. The fourth-order valence-electron chi connectivity index (χ4n) is 0.361. The van der Waals surface area contributed by atoms with Crippen LogP contribution < -0.4 is 4.91 Å². The van der Waals surface area contributed by atoms with E-state index in [4.69, 9.17) is 15.5 Å². The van der Waals surface area contributed by atoms with Crippen LogP contribution in [0, 0.1) is 18.0 Å². The van der Waals surface area contributed by atoms with Gasteiger partial charge < -0.3 is 4.42 Å². The molecule has 4 heteroatoms. The highest BCUT2D eigenvalue weighted by Gasteiger charge is 1.75. The van der Waals surface area contributed by atoms with Crippen LogP contribution in [-0.4, -0.2) is 0 Å². The van der Waals surface area contributed by atoms with Crippen LogP contribution in [0.3, 0.4) is 0 Å². The van der Waals surface area contributed by atoms with Gasteiger partial charge in [-0.1, -0.05) is 0 Å². The molecule has 0 aromatic carbocycles. The molecule has 1 rings (SSSR count). The van der Waals surface area contributed by atoms with Gasteiger partial charge in [-0.3, -0.25) is 0 Å². The minimum Gasteiger partial charge on any atom is -0.470 e. The summed E-state index contributed by atoms with van der Waals surface area (Å²) in [5, 5.41) is 0. The Balaban J connectivity index is 0.000000187. The number of nitrogens with zero attached hydrogens (tertiary/aromatic N) is 1. The average Bonchev–Trinajstić information content (AvgIpc) is 2.20. The van der Waals surface area contributed by atoms with Crippen LogP contribution in [0.4, 0.5) is 0 Å². The Morgan fingerprint density at radius 1 is 1.56 bits per heavy atom. The van der Waals surface area contributed by atoms with Crippen LogP contribution in [0.2, 0.25) is 0 Å². The molecule has 0 saturated heterocycles.